The quantitative estimate of drug-likeness (QED) is 0.389. The molecule has 2 aromatic carbocycles. The van der Waals surface area contributed by atoms with Crippen LogP contribution in [0.15, 0.2) is 71.3 Å². The van der Waals surface area contributed by atoms with Crippen molar-refractivity contribution in [1.29, 1.82) is 0 Å². The van der Waals surface area contributed by atoms with Gasteiger partial charge < -0.3 is 9.64 Å². The molecule has 0 atom stereocenters. The van der Waals surface area contributed by atoms with Crippen molar-refractivity contribution < 1.29 is 14.3 Å². The molecule has 1 heterocycles. The van der Waals surface area contributed by atoms with Crippen molar-refractivity contribution in [2.45, 2.75) is 24.2 Å². The standard InChI is InChI=1S/C24H25NO3S/c1-24(2)20-7-5-6-8-21(20)25(3)22(24)15-18(26)16-28-23(27)14-11-17-9-12-19(29-4)13-10-17/h5-15H,16H2,1-4H3. The van der Waals surface area contributed by atoms with Gasteiger partial charge in [0.1, 0.15) is 0 Å². The molecule has 2 aromatic rings. The number of nitrogens with zero attached hydrogens (tertiary/aromatic N) is 1. The van der Waals surface area contributed by atoms with Gasteiger partial charge in [-0.3, -0.25) is 4.79 Å². The fraction of sp³-hybridized carbons (Fsp3) is 0.250. The number of hydrogen-bond acceptors (Lipinski definition) is 5. The first kappa shape index (κ1) is 20.9. The molecular weight excluding hydrogens is 382 g/mol. The molecule has 0 saturated heterocycles. The van der Waals surface area contributed by atoms with Gasteiger partial charge in [-0.2, -0.15) is 0 Å². The number of ketones is 1. The van der Waals surface area contributed by atoms with Crippen LogP contribution in [0.2, 0.25) is 0 Å². The molecule has 1 aliphatic rings. The van der Waals surface area contributed by atoms with Crippen molar-refractivity contribution in [3.05, 3.63) is 77.5 Å². The molecule has 0 aliphatic carbocycles. The minimum Gasteiger partial charge on any atom is -0.454 e. The highest BCUT2D eigenvalue weighted by molar-refractivity contribution is 7.98. The van der Waals surface area contributed by atoms with E-state index in [0.29, 0.717) is 0 Å². The average molecular weight is 408 g/mol. The zero-order chi connectivity index (χ0) is 21.0. The summed E-state index contributed by atoms with van der Waals surface area (Å²) in [4.78, 5) is 27.6. The summed E-state index contributed by atoms with van der Waals surface area (Å²) >= 11 is 1.66. The number of hydrogen-bond donors (Lipinski definition) is 0. The molecule has 29 heavy (non-hydrogen) atoms. The van der Waals surface area contributed by atoms with Crippen molar-refractivity contribution in [2.75, 3.05) is 24.8 Å². The molecule has 150 valence electrons. The number of rotatable bonds is 6. The Morgan fingerprint density at radius 3 is 2.45 bits per heavy atom. The van der Waals surface area contributed by atoms with Crippen molar-refractivity contribution >= 4 is 35.3 Å². The lowest BCUT2D eigenvalue weighted by molar-refractivity contribution is -0.141. The van der Waals surface area contributed by atoms with Gasteiger partial charge in [0.05, 0.1) is 0 Å². The maximum Gasteiger partial charge on any atom is 0.331 e. The van der Waals surface area contributed by atoms with Crippen LogP contribution in [0.3, 0.4) is 0 Å². The summed E-state index contributed by atoms with van der Waals surface area (Å²) in [6, 6.07) is 15.9. The predicted molar refractivity (Wildman–Crippen MR) is 119 cm³/mol. The van der Waals surface area contributed by atoms with Crippen LogP contribution in [0.5, 0.6) is 0 Å². The fourth-order valence-electron chi connectivity index (χ4n) is 3.52. The topological polar surface area (TPSA) is 46.6 Å². The molecule has 1 aliphatic heterocycles. The third-order valence-corrected chi connectivity index (χ3v) is 5.87. The molecule has 5 heteroatoms. The second kappa shape index (κ2) is 8.70. The number of carbonyl (C=O) groups is 2. The lowest BCUT2D eigenvalue weighted by Crippen LogP contribution is -2.25. The van der Waals surface area contributed by atoms with E-state index in [4.69, 9.17) is 4.74 Å². The minimum atomic E-state index is -0.534. The highest BCUT2D eigenvalue weighted by Crippen LogP contribution is 2.46. The van der Waals surface area contributed by atoms with Gasteiger partial charge in [0, 0.05) is 40.9 Å². The van der Waals surface area contributed by atoms with Crippen LogP contribution in [-0.2, 0) is 19.7 Å². The highest BCUT2D eigenvalue weighted by atomic mass is 32.2. The van der Waals surface area contributed by atoms with Gasteiger partial charge >= 0.3 is 5.97 Å². The van der Waals surface area contributed by atoms with Gasteiger partial charge in [-0.15, -0.1) is 11.8 Å². The normalized spacial score (nSPS) is 16.3. The summed E-state index contributed by atoms with van der Waals surface area (Å²) in [6.07, 6.45) is 6.62. The van der Waals surface area contributed by atoms with E-state index < -0.39 is 5.97 Å². The number of esters is 1. The van der Waals surface area contributed by atoms with Crippen LogP contribution in [0, 0.1) is 0 Å². The first-order chi connectivity index (χ1) is 13.8. The third kappa shape index (κ3) is 4.62. The number of likely N-dealkylation sites (N-methyl/N-ethyl adjacent to an activating group) is 1. The molecule has 0 saturated carbocycles. The summed E-state index contributed by atoms with van der Waals surface area (Å²) < 4.78 is 5.12. The van der Waals surface area contributed by atoms with Crippen molar-refractivity contribution in [1.82, 2.24) is 0 Å². The molecule has 0 fully saturated rings. The Balaban J connectivity index is 1.60. The number of fused-ring (bicyclic) bond motifs is 1. The monoisotopic (exact) mass is 407 g/mol. The van der Waals surface area contributed by atoms with E-state index in [1.165, 1.54) is 11.6 Å². The highest BCUT2D eigenvalue weighted by Gasteiger charge is 2.38. The summed E-state index contributed by atoms with van der Waals surface area (Å²) in [6.45, 7) is 3.90. The SMILES string of the molecule is CSc1ccc(C=CC(=O)OCC(=O)C=C2N(C)c3ccccc3C2(C)C)cc1. The number of ether oxygens (including phenoxy) is 1. The van der Waals surface area contributed by atoms with Crippen molar-refractivity contribution in [3.63, 3.8) is 0 Å². The largest absolute Gasteiger partial charge is 0.454 e. The Kier molecular flexibility index (Phi) is 6.28. The summed E-state index contributed by atoms with van der Waals surface area (Å²) in [5.74, 6) is -0.771. The second-order valence-corrected chi connectivity index (χ2v) is 8.29. The smallest absolute Gasteiger partial charge is 0.331 e. The van der Waals surface area contributed by atoms with Crippen LogP contribution >= 0.6 is 11.8 Å². The Hall–Kier alpha value is -2.79. The molecule has 3 rings (SSSR count). The lowest BCUT2D eigenvalue weighted by Gasteiger charge is -2.23. The van der Waals surface area contributed by atoms with E-state index in [2.05, 4.69) is 19.9 Å². The van der Waals surface area contributed by atoms with E-state index in [9.17, 15) is 9.59 Å². The van der Waals surface area contributed by atoms with Crippen molar-refractivity contribution in [2.24, 2.45) is 0 Å². The molecule has 0 unspecified atom stereocenters. The second-order valence-electron chi connectivity index (χ2n) is 7.41. The summed E-state index contributed by atoms with van der Waals surface area (Å²) in [5, 5.41) is 0. The number of thioether (sulfide) groups is 1. The molecule has 0 aromatic heterocycles. The van der Waals surface area contributed by atoms with Crippen LogP contribution in [0.1, 0.15) is 25.0 Å². The summed E-state index contributed by atoms with van der Waals surface area (Å²) in [5.41, 5.74) is 3.77. The van der Waals surface area contributed by atoms with Gasteiger partial charge in [0.15, 0.2) is 12.4 Å². The number of benzene rings is 2. The molecule has 0 bridgehead atoms. The molecule has 0 amide bonds. The van der Waals surface area contributed by atoms with Gasteiger partial charge in [0.2, 0.25) is 0 Å². The Morgan fingerprint density at radius 1 is 1.10 bits per heavy atom. The van der Waals surface area contributed by atoms with Crippen LogP contribution < -0.4 is 4.90 Å². The van der Waals surface area contributed by atoms with Crippen molar-refractivity contribution in [3.8, 4) is 0 Å². The maximum atomic E-state index is 12.4. The first-order valence-electron chi connectivity index (χ1n) is 9.40. The predicted octanol–water partition coefficient (Wildman–Crippen LogP) is 4.85. The van der Waals surface area contributed by atoms with E-state index >= 15 is 0 Å². The molecule has 4 nitrogen and oxygen atoms in total. The number of allylic oxidation sites excluding steroid dienone is 1. The van der Waals surface area contributed by atoms with Gasteiger partial charge in [-0.25, -0.2) is 4.79 Å². The van der Waals surface area contributed by atoms with E-state index in [1.807, 2.05) is 60.7 Å². The Bertz CT molecular complexity index is 974. The van der Waals surface area contributed by atoms with Crippen LogP contribution in [0.25, 0.3) is 6.08 Å². The zero-order valence-corrected chi connectivity index (χ0v) is 18.0. The van der Waals surface area contributed by atoms with Crippen LogP contribution in [-0.4, -0.2) is 31.7 Å². The number of anilines is 1. The third-order valence-electron chi connectivity index (χ3n) is 5.12. The molecule has 0 spiro atoms. The fourth-order valence-corrected chi connectivity index (χ4v) is 3.93. The first-order valence-corrected chi connectivity index (χ1v) is 10.6. The lowest BCUT2D eigenvalue weighted by atomic mass is 9.83. The van der Waals surface area contributed by atoms with Crippen LogP contribution in [0.4, 0.5) is 5.69 Å². The van der Waals surface area contributed by atoms with Gasteiger partial charge in [0.25, 0.3) is 0 Å². The zero-order valence-electron chi connectivity index (χ0n) is 17.1. The van der Waals surface area contributed by atoms with Gasteiger partial charge in [-0.05, 0) is 41.7 Å². The number of carbonyl (C=O) groups excluding carboxylic acids is 2. The Labute approximate surface area is 176 Å². The Morgan fingerprint density at radius 2 is 1.79 bits per heavy atom. The van der Waals surface area contributed by atoms with E-state index in [1.54, 1.807) is 23.9 Å². The average Bonchev–Trinajstić information content (AvgIpc) is 2.92. The maximum absolute atomic E-state index is 12.4. The molecule has 0 N–H and O–H groups in total. The summed E-state index contributed by atoms with van der Waals surface area (Å²) in [7, 11) is 1.95. The van der Waals surface area contributed by atoms with E-state index in [0.717, 1.165) is 21.8 Å². The molecule has 0 radical (unpaired) electrons. The van der Waals surface area contributed by atoms with Gasteiger partial charge in [-0.1, -0.05) is 44.2 Å². The number of para-hydroxylation sites is 1. The van der Waals surface area contributed by atoms with E-state index in [-0.39, 0.29) is 17.8 Å². The minimum absolute atomic E-state index is 0.237. The molecular formula is C24H25NO3S.